The Balaban J connectivity index is 1.32. The van der Waals surface area contributed by atoms with Crippen molar-refractivity contribution in [3.05, 3.63) is 71.4 Å². The van der Waals surface area contributed by atoms with E-state index in [-0.39, 0.29) is 36.8 Å². The summed E-state index contributed by atoms with van der Waals surface area (Å²) in [5, 5.41) is 6.99. The lowest BCUT2D eigenvalue weighted by Crippen LogP contribution is -2.67. The normalized spacial score (nSPS) is 25.2. The summed E-state index contributed by atoms with van der Waals surface area (Å²) in [5.74, 6) is -1.24. The molecule has 1 saturated heterocycles. The maximum Gasteiger partial charge on any atom is 0.408 e. The highest BCUT2D eigenvalue weighted by Crippen LogP contribution is 2.43. The molecule has 2 unspecified atom stereocenters. The van der Waals surface area contributed by atoms with E-state index in [2.05, 4.69) is 15.6 Å². The number of carbonyl (C=O) groups is 4. The Bertz CT molecular complexity index is 1600. The smallest absolute Gasteiger partial charge is 0.408 e. The van der Waals surface area contributed by atoms with Crippen LogP contribution >= 0.6 is 0 Å². The summed E-state index contributed by atoms with van der Waals surface area (Å²) >= 11 is 0. The number of nitrogens with two attached hydrogens (primary N) is 1. The van der Waals surface area contributed by atoms with Crippen molar-refractivity contribution in [2.75, 3.05) is 0 Å². The first-order chi connectivity index (χ1) is 22.2. The van der Waals surface area contributed by atoms with Crippen LogP contribution in [0, 0.1) is 11.8 Å². The molecule has 4 amide bonds. The molecule has 10 heteroatoms. The molecule has 2 heterocycles. The summed E-state index contributed by atoms with van der Waals surface area (Å²) in [7, 11) is 0. The number of ether oxygens (including phenoxy) is 1. The third kappa shape index (κ3) is 6.09. The number of primary amides is 1. The van der Waals surface area contributed by atoms with Crippen LogP contribution in [0.4, 0.5) is 4.79 Å². The molecule has 5 N–H and O–H groups in total. The fourth-order valence-electron chi connectivity index (χ4n) is 7.90. The van der Waals surface area contributed by atoms with Gasteiger partial charge in [-0.25, -0.2) is 4.79 Å². The molecular formula is C36H45N5O5. The number of nitrogens with one attached hydrogen (secondary N) is 3. The number of aryl methyl sites for hydroxylation is 1. The van der Waals surface area contributed by atoms with Gasteiger partial charge in [0, 0.05) is 29.1 Å². The van der Waals surface area contributed by atoms with E-state index in [9.17, 15) is 14.4 Å². The second kappa shape index (κ2) is 13.2. The Morgan fingerprint density at radius 2 is 1.80 bits per heavy atom. The number of nitrogens with zero attached hydrogens (tertiary/aromatic N) is 1. The number of hydrogen-bond acceptors (Lipinski definition) is 5. The number of hydrogen-bond donors (Lipinski definition) is 4. The number of rotatable bonds is 9. The molecular weight excluding hydrogens is 582 g/mol. The molecule has 2 aromatic carbocycles. The molecule has 46 heavy (non-hydrogen) atoms. The van der Waals surface area contributed by atoms with Crippen LogP contribution in [0.2, 0.25) is 0 Å². The summed E-state index contributed by atoms with van der Waals surface area (Å²) in [5.41, 5.74) is 8.45. The molecule has 2 aliphatic carbocycles. The number of aromatic nitrogens is 1. The van der Waals surface area contributed by atoms with E-state index in [4.69, 9.17) is 10.5 Å². The zero-order chi connectivity index (χ0) is 32.4. The predicted octanol–water partition coefficient (Wildman–Crippen LogP) is 4.50. The van der Waals surface area contributed by atoms with Gasteiger partial charge in [0.05, 0.1) is 0 Å². The Hall–Kier alpha value is -4.34. The van der Waals surface area contributed by atoms with Crippen LogP contribution in [0.5, 0.6) is 0 Å². The zero-order valence-electron chi connectivity index (χ0n) is 26.7. The van der Waals surface area contributed by atoms with E-state index < -0.39 is 35.5 Å². The zero-order valence-corrected chi connectivity index (χ0v) is 26.7. The average Bonchev–Trinajstić information content (AvgIpc) is 3.64. The summed E-state index contributed by atoms with van der Waals surface area (Å²) in [4.78, 5) is 60.3. The molecule has 6 atom stereocenters. The van der Waals surface area contributed by atoms with Crippen LogP contribution in [-0.2, 0) is 38.6 Å². The molecule has 2 fully saturated rings. The summed E-state index contributed by atoms with van der Waals surface area (Å²) in [6, 6.07) is 15.6. The van der Waals surface area contributed by atoms with Crippen LogP contribution in [0.25, 0.3) is 10.9 Å². The lowest BCUT2D eigenvalue weighted by atomic mass is 9.77. The van der Waals surface area contributed by atoms with Crippen LogP contribution in [0.1, 0.15) is 75.6 Å². The van der Waals surface area contributed by atoms with Gasteiger partial charge in [-0.2, -0.15) is 0 Å². The van der Waals surface area contributed by atoms with Crippen molar-refractivity contribution in [1.29, 1.82) is 0 Å². The van der Waals surface area contributed by atoms with Gasteiger partial charge in [-0.05, 0) is 61.1 Å². The summed E-state index contributed by atoms with van der Waals surface area (Å²) in [6.45, 7) is 3.91. The Morgan fingerprint density at radius 1 is 1.07 bits per heavy atom. The number of fused-ring (bicyclic) bond motifs is 4. The maximum atomic E-state index is 15.0. The first-order valence-corrected chi connectivity index (χ1v) is 16.7. The van der Waals surface area contributed by atoms with Gasteiger partial charge in [-0.15, -0.1) is 0 Å². The number of likely N-dealkylation sites (tertiary alicyclic amines) is 1. The fraction of sp³-hybridized carbons (Fsp3) is 0.500. The van der Waals surface area contributed by atoms with Gasteiger partial charge in [0.1, 0.15) is 24.2 Å². The summed E-state index contributed by atoms with van der Waals surface area (Å²) < 4.78 is 5.47. The minimum atomic E-state index is -1.32. The van der Waals surface area contributed by atoms with Crippen molar-refractivity contribution in [2.24, 2.45) is 17.6 Å². The molecule has 3 aromatic rings. The lowest BCUT2D eigenvalue weighted by molar-refractivity contribution is -0.149. The molecule has 1 saturated carbocycles. The topological polar surface area (TPSA) is 147 Å². The molecule has 3 aliphatic rings. The van der Waals surface area contributed by atoms with Gasteiger partial charge in [-0.3, -0.25) is 14.4 Å². The average molecular weight is 628 g/mol. The third-order valence-corrected chi connectivity index (χ3v) is 10.6. The van der Waals surface area contributed by atoms with Crippen molar-refractivity contribution >= 4 is 34.7 Å². The van der Waals surface area contributed by atoms with Gasteiger partial charge >= 0.3 is 6.09 Å². The van der Waals surface area contributed by atoms with Crippen LogP contribution in [0.3, 0.4) is 0 Å². The molecule has 6 rings (SSSR count). The second-order valence-electron chi connectivity index (χ2n) is 13.4. The second-order valence-corrected chi connectivity index (χ2v) is 13.4. The third-order valence-electron chi connectivity index (χ3n) is 10.6. The van der Waals surface area contributed by atoms with E-state index in [1.54, 1.807) is 4.90 Å². The standard InChI is InChI=1S/C36H45N5O5/c1-3-22(2)31(39-35(45)46-21-23-11-5-4-6-12-23)33(43)40-36(18-17-28-26(20-36)25-14-8-9-15-27(25)38-28)34(44)41-29-16-10-7-13-24(29)19-30(41)32(37)42/h4-6,8-9,11-12,14-15,22,24,29-31,38H,3,7,10,13,16-21H2,1-2H3,(H2,37,42)(H,39,45)(H,40,43)/t22-,24?,29?,30-,31-,36+/m0/s1. The number of carbonyl (C=O) groups excluding carboxylic acids is 4. The van der Waals surface area contributed by atoms with Crippen LogP contribution in [-0.4, -0.2) is 57.4 Å². The summed E-state index contributed by atoms with van der Waals surface area (Å²) in [6.07, 6.45) is 5.44. The molecule has 1 aliphatic heterocycles. The number of H-pyrrole nitrogens is 1. The molecule has 0 spiro atoms. The number of alkyl carbamates (subject to hydrolysis) is 1. The van der Waals surface area contributed by atoms with Gasteiger partial charge in [0.2, 0.25) is 17.7 Å². The van der Waals surface area contributed by atoms with Crippen LogP contribution < -0.4 is 16.4 Å². The highest BCUT2D eigenvalue weighted by Gasteiger charge is 2.54. The molecule has 10 nitrogen and oxygen atoms in total. The van der Waals surface area contributed by atoms with Crippen molar-refractivity contribution < 1.29 is 23.9 Å². The number of para-hydroxylation sites is 1. The molecule has 0 radical (unpaired) electrons. The van der Waals surface area contributed by atoms with Gasteiger partial charge in [0.25, 0.3) is 0 Å². The first kappa shape index (κ1) is 31.6. The van der Waals surface area contributed by atoms with Gasteiger partial charge in [-0.1, -0.05) is 81.6 Å². The van der Waals surface area contributed by atoms with Crippen molar-refractivity contribution in [3.8, 4) is 0 Å². The maximum absolute atomic E-state index is 15.0. The monoisotopic (exact) mass is 627 g/mol. The van der Waals surface area contributed by atoms with Gasteiger partial charge in [0.15, 0.2) is 0 Å². The van der Waals surface area contributed by atoms with E-state index in [1.165, 1.54) is 0 Å². The van der Waals surface area contributed by atoms with Gasteiger partial charge < -0.3 is 31.0 Å². The van der Waals surface area contributed by atoms with Crippen LogP contribution in [0.15, 0.2) is 54.6 Å². The van der Waals surface area contributed by atoms with Crippen molar-refractivity contribution in [2.45, 2.75) is 102 Å². The highest BCUT2D eigenvalue weighted by atomic mass is 16.5. The fourth-order valence-corrected chi connectivity index (χ4v) is 7.90. The SMILES string of the molecule is CC[C@H](C)[C@H](NC(=O)OCc1ccccc1)C(=O)N[C@]1(C(=O)N2C3CCCCC3C[C@H]2C(N)=O)CCc2[nH]c3ccccc3c2C1. The van der Waals surface area contributed by atoms with E-state index >= 15 is 4.79 Å². The van der Waals surface area contributed by atoms with E-state index in [1.807, 2.05) is 68.4 Å². The number of benzene rings is 2. The molecule has 0 bridgehead atoms. The van der Waals surface area contributed by atoms with E-state index in [0.29, 0.717) is 25.7 Å². The first-order valence-electron chi connectivity index (χ1n) is 16.7. The Labute approximate surface area is 269 Å². The minimum Gasteiger partial charge on any atom is -0.445 e. The molecule has 1 aromatic heterocycles. The van der Waals surface area contributed by atoms with Crippen molar-refractivity contribution in [1.82, 2.24) is 20.5 Å². The number of amides is 4. The minimum absolute atomic E-state index is 0.0688. The quantitative estimate of drug-likeness (QED) is 0.276. The highest BCUT2D eigenvalue weighted by molar-refractivity contribution is 5.98. The number of aromatic amines is 1. The lowest BCUT2D eigenvalue weighted by Gasteiger charge is -2.44. The largest absolute Gasteiger partial charge is 0.445 e. The predicted molar refractivity (Wildman–Crippen MR) is 174 cm³/mol. The Kier molecular flexibility index (Phi) is 9.06. The van der Waals surface area contributed by atoms with E-state index in [0.717, 1.165) is 53.4 Å². The van der Waals surface area contributed by atoms with Crippen molar-refractivity contribution in [3.63, 3.8) is 0 Å². The molecule has 244 valence electrons. The Morgan fingerprint density at radius 3 is 2.57 bits per heavy atom.